The van der Waals surface area contributed by atoms with E-state index < -0.39 is 0 Å². The average molecular weight is 398 g/mol. The van der Waals surface area contributed by atoms with Crippen LogP contribution in [0.15, 0.2) is 66.2 Å². The van der Waals surface area contributed by atoms with Gasteiger partial charge in [0.2, 0.25) is 0 Å². The normalized spacial score (nSPS) is 11.4. The number of aryl methyl sites for hydroxylation is 1. The number of amides is 1. The fraction of sp³-hybridized carbons (Fsp3) is 0.231. The molecule has 0 aliphatic rings. The molecule has 30 heavy (non-hydrogen) atoms. The lowest BCUT2D eigenvalue weighted by atomic mass is 10.0. The number of hydrogen-bond donors (Lipinski definition) is 1. The van der Waals surface area contributed by atoms with Gasteiger partial charge in [0.25, 0.3) is 5.91 Å². The Kier molecular flexibility index (Phi) is 6.54. The quantitative estimate of drug-likeness (QED) is 0.445. The number of benzene rings is 2. The highest BCUT2D eigenvalue weighted by atomic mass is 16.1. The van der Waals surface area contributed by atoms with Crippen molar-refractivity contribution in [2.45, 2.75) is 40.2 Å². The van der Waals surface area contributed by atoms with Crippen LogP contribution in [-0.4, -0.2) is 10.5 Å². The molecule has 0 atom stereocenters. The van der Waals surface area contributed by atoms with Gasteiger partial charge < -0.3 is 9.88 Å². The number of hydrogen-bond acceptors (Lipinski definition) is 2. The van der Waals surface area contributed by atoms with Crippen LogP contribution in [0, 0.1) is 25.2 Å². The van der Waals surface area contributed by atoms with E-state index in [-0.39, 0.29) is 11.5 Å². The van der Waals surface area contributed by atoms with Crippen molar-refractivity contribution in [3.63, 3.8) is 0 Å². The van der Waals surface area contributed by atoms with Crippen LogP contribution in [0.4, 0.5) is 0 Å². The molecule has 0 bridgehead atoms. The average Bonchev–Trinajstić information content (AvgIpc) is 3.03. The summed E-state index contributed by atoms with van der Waals surface area (Å²) >= 11 is 0. The molecule has 0 spiro atoms. The summed E-state index contributed by atoms with van der Waals surface area (Å²) in [7, 11) is 0. The van der Waals surface area contributed by atoms with Gasteiger partial charge in [0.1, 0.15) is 11.6 Å². The summed E-state index contributed by atoms with van der Waals surface area (Å²) in [5.74, 6) is 0.115. The monoisotopic (exact) mass is 397 g/mol. The van der Waals surface area contributed by atoms with E-state index >= 15 is 0 Å². The van der Waals surface area contributed by atoms with Crippen LogP contribution in [-0.2, 0) is 11.3 Å². The van der Waals surface area contributed by atoms with E-state index in [1.165, 1.54) is 5.56 Å². The Bertz CT molecular complexity index is 1100. The van der Waals surface area contributed by atoms with Gasteiger partial charge in [-0.25, -0.2) is 0 Å². The summed E-state index contributed by atoms with van der Waals surface area (Å²) in [5, 5.41) is 12.4. The topological polar surface area (TPSA) is 57.8 Å². The Balaban J connectivity index is 1.84. The number of carbonyl (C=O) groups excluding carboxylic acids is 1. The maximum atomic E-state index is 12.5. The number of nitrogens with zero attached hydrogens (tertiary/aromatic N) is 2. The molecule has 152 valence electrons. The van der Waals surface area contributed by atoms with Gasteiger partial charge in [0.15, 0.2) is 0 Å². The maximum Gasteiger partial charge on any atom is 0.262 e. The number of aromatic nitrogens is 1. The van der Waals surface area contributed by atoms with Crippen molar-refractivity contribution >= 4 is 12.0 Å². The summed E-state index contributed by atoms with van der Waals surface area (Å²) in [5.41, 5.74) is 6.37. The minimum atomic E-state index is -0.368. The lowest BCUT2D eigenvalue weighted by molar-refractivity contribution is -0.117. The van der Waals surface area contributed by atoms with E-state index in [9.17, 15) is 10.1 Å². The van der Waals surface area contributed by atoms with E-state index in [4.69, 9.17) is 0 Å². The number of rotatable bonds is 6. The zero-order valence-corrected chi connectivity index (χ0v) is 17.9. The zero-order valence-electron chi connectivity index (χ0n) is 17.9. The Labute approximate surface area is 178 Å². The molecule has 1 N–H and O–H groups in total. The minimum Gasteiger partial charge on any atom is -0.347 e. The van der Waals surface area contributed by atoms with Crippen LogP contribution in [0.1, 0.15) is 47.8 Å². The zero-order chi connectivity index (χ0) is 21.7. The molecule has 2 aromatic carbocycles. The van der Waals surface area contributed by atoms with Gasteiger partial charge in [-0.3, -0.25) is 4.79 Å². The smallest absolute Gasteiger partial charge is 0.262 e. The summed E-state index contributed by atoms with van der Waals surface area (Å²) in [6.07, 6.45) is 1.67. The van der Waals surface area contributed by atoms with Crippen molar-refractivity contribution in [2.24, 2.45) is 0 Å². The molecule has 0 fully saturated rings. The van der Waals surface area contributed by atoms with E-state index in [2.05, 4.69) is 48.0 Å². The highest BCUT2D eigenvalue weighted by Gasteiger charge is 2.14. The van der Waals surface area contributed by atoms with Crippen LogP contribution < -0.4 is 5.32 Å². The van der Waals surface area contributed by atoms with Gasteiger partial charge in [0.05, 0.1) is 0 Å². The molecular formula is C26H27N3O. The first-order valence-corrected chi connectivity index (χ1v) is 10.1. The van der Waals surface area contributed by atoms with Crippen molar-refractivity contribution in [1.29, 1.82) is 5.26 Å². The number of nitriles is 1. The van der Waals surface area contributed by atoms with Crippen molar-refractivity contribution in [3.05, 3.63) is 94.3 Å². The number of carbonyl (C=O) groups is 1. The summed E-state index contributed by atoms with van der Waals surface area (Å²) in [6.45, 7) is 8.78. The molecule has 0 radical (unpaired) electrons. The van der Waals surface area contributed by atoms with Gasteiger partial charge in [-0.05, 0) is 60.7 Å². The van der Waals surface area contributed by atoms with E-state index in [0.29, 0.717) is 12.5 Å². The largest absolute Gasteiger partial charge is 0.347 e. The first-order chi connectivity index (χ1) is 14.4. The molecule has 0 unspecified atom stereocenters. The molecule has 1 amide bonds. The second kappa shape index (κ2) is 9.28. The van der Waals surface area contributed by atoms with Gasteiger partial charge in [-0.1, -0.05) is 56.3 Å². The first kappa shape index (κ1) is 21.1. The molecule has 0 aliphatic heterocycles. The lowest BCUT2D eigenvalue weighted by Gasteiger charge is -2.12. The predicted octanol–water partition coefficient (Wildman–Crippen LogP) is 5.44. The van der Waals surface area contributed by atoms with Crippen LogP contribution in [0.25, 0.3) is 11.8 Å². The standard InChI is InChI=1S/C26H27N3O/c1-18(2)22-10-12-25(13-11-22)29-19(3)14-23(20(29)4)15-24(16-27)26(30)28-17-21-8-6-5-7-9-21/h5-15,18H,17H2,1-4H3,(H,28,30)/b24-15-. The third-order valence-electron chi connectivity index (χ3n) is 5.25. The second-order valence-electron chi connectivity index (χ2n) is 7.75. The summed E-state index contributed by atoms with van der Waals surface area (Å²) in [6, 6.07) is 22.2. The predicted molar refractivity (Wildman–Crippen MR) is 121 cm³/mol. The summed E-state index contributed by atoms with van der Waals surface area (Å²) in [4.78, 5) is 12.5. The van der Waals surface area contributed by atoms with Crippen LogP contribution in [0.5, 0.6) is 0 Å². The molecular weight excluding hydrogens is 370 g/mol. The SMILES string of the molecule is Cc1cc(/C=C(/C#N)C(=O)NCc2ccccc2)c(C)n1-c1ccc(C(C)C)cc1. The third-order valence-corrected chi connectivity index (χ3v) is 5.25. The van der Waals surface area contributed by atoms with Crippen molar-refractivity contribution < 1.29 is 4.79 Å². The van der Waals surface area contributed by atoms with Crippen LogP contribution in [0.2, 0.25) is 0 Å². The first-order valence-electron chi connectivity index (χ1n) is 10.1. The number of nitrogens with one attached hydrogen (secondary N) is 1. The second-order valence-corrected chi connectivity index (χ2v) is 7.75. The van der Waals surface area contributed by atoms with Gasteiger partial charge in [-0.2, -0.15) is 5.26 Å². The fourth-order valence-electron chi connectivity index (χ4n) is 3.52. The minimum absolute atomic E-state index is 0.0985. The van der Waals surface area contributed by atoms with E-state index in [1.807, 2.05) is 56.3 Å². The molecule has 1 aromatic heterocycles. The maximum absolute atomic E-state index is 12.5. The van der Waals surface area contributed by atoms with Crippen molar-refractivity contribution in [1.82, 2.24) is 9.88 Å². The molecule has 0 saturated carbocycles. The Morgan fingerprint density at radius 2 is 1.77 bits per heavy atom. The van der Waals surface area contributed by atoms with Crippen molar-refractivity contribution in [2.75, 3.05) is 0 Å². The van der Waals surface area contributed by atoms with Crippen LogP contribution >= 0.6 is 0 Å². The third kappa shape index (κ3) is 4.69. The molecule has 3 aromatic rings. The van der Waals surface area contributed by atoms with Gasteiger partial charge in [-0.15, -0.1) is 0 Å². The van der Waals surface area contributed by atoms with Crippen LogP contribution in [0.3, 0.4) is 0 Å². The molecule has 4 heteroatoms. The highest BCUT2D eigenvalue weighted by Crippen LogP contribution is 2.24. The molecule has 4 nitrogen and oxygen atoms in total. The highest BCUT2D eigenvalue weighted by molar-refractivity contribution is 6.01. The van der Waals surface area contributed by atoms with E-state index in [1.54, 1.807) is 6.08 Å². The van der Waals surface area contributed by atoms with Crippen molar-refractivity contribution in [3.8, 4) is 11.8 Å². The Hall–Kier alpha value is -3.58. The summed E-state index contributed by atoms with van der Waals surface area (Å²) < 4.78 is 2.15. The lowest BCUT2D eigenvalue weighted by Crippen LogP contribution is -2.23. The van der Waals surface area contributed by atoms with E-state index in [0.717, 1.165) is 28.2 Å². The van der Waals surface area contributed by atoms with Gasteiger partial charge >= 0.3 is 0 Å². The Morgan fingerprint density at radius 1 is 1.10 bits per heavy atom. The molecule has 0 saturated heterocycles. The fourth-order valence-corrected chi connectivity index (χ4v) is 3.52. The molecule has 1 heterocycles. The molecule has 0 aliphatic carbocycles. The Morgan fingerprint density at radius 3 is 2.37 bits per heavy atom. The van der Waals surface area contributed by atoms with Gasteiger partial charge in [0, 0.05) is 23.6 Å². The molecule has 3 rings (SSSR count).